The van der Waals surface area contributed by atoms with Crippen molar-refractivity contribution in [1.29, 1.82) is 0 Å². The highest BCUT2D eigenvalue weighted by atomic mass is 35.5. The van der Waals surface area contributed by atoms with E-state index in [1.165, 1.54) is 109 Å². The van der Waals surface area contributed by atoms with Crippen LogP contribution in [0, 0.1) is 6.92 Å². The molecule has 0 aromatic heterocycles. The highest BCUT2D eigenvalue weighted by Crippen LogP contribution is 2.39. The van der Waals surface area contributed by atoms with Crippen molar-refractivity contribution < 1.29 is 40.0 Å². The van der Waals surface area contributed by atoms with Crippen LogP contribution in [0.5, 0.6) is 46.0 Å². The van der Waals surface area contributed by atoms with Gasteiger partial charge in [-0.05, 0) is 237 Å². The molecule has 0 saturated heterocycles. The third-order valence-electron chi connectivity index (χ3n) is 16.5. The van der Waals surface area contributed by atoms with E-state index < -0.39 is 0 Å². The molecule has 0 heterocycles. The summed E-state index contributed by atoms with van der Waals surface area (Å²) in [6.07, 6.45) is 30.8. The maximum Gasteiger partial charge on any atom is 0.146 e. The Hall–Kier alpha value is -5.52. The van der Waals surface area contributed by atoms with Crippen LogP contribution in [0.4, 0.5) is 0 Å². The van der Waals surface area contributed by atoms with Gasteiger partial charge in [0.1, 0.15) is 57.9 Å². The molecule has 8 nitrogen and oxygen atoms in total. The zero-order valence-corrected chi connectivity index (χ0v) is 65.2. The molecule has 0 amide bonds. The molecule has 0 radical (unpaired) electrons. The second-order valence-electron chi connectivity index (χ2n) is 24.6. The normalized spacial score (nSPS) is 11.6. The van der Waals surface area contributed by atoms with Crippen LogP contribution in [0.2, 0.25) is 35.2 Å². The molecule has 7 N–H and O–H groups in total. The Bertz CT molecular complexity index is 3420. The molecule has 1 aliphatic rings. The number of unbranched alkanes of at least 4 members (excludes halogenated alkanes) is 12. The molecule has 1 unspecified atom stereocenters. The van der Waals surface area contributed by atoms with E-state index in [1.807, 2.05) is 74.5 Å². The molecule has 1 atom stereocenters. The fourth-order valence-corrected chi connectivity index (χ4v) is 12.2. The predicted molar refractivity (Wildman–Crippen MR) is 425 cm³/mol. The number of halogens is 8. The molecule has 8 aromatic carbocycles. The summed E-state index contributed by atoms with van der Waals surface area (Å²) >= 11 is 45.8. The van der Waals surface area contributed by atoms with Crippen molar-refractivity contribution in [3.05, 3.63) is 232 Å². The summed E-state index contributed by atoms with van der Waals surface area (Å²) in [5.41, 5.74) is 6.79. The standard InChI is InChI=1S/C14H21ClO.C13H19ClO.C12H15ClO.C12H17ClO.C11H15ClO.C8H9ClO.C7H7ClO.C6H5ClO/c1-2-3-4-5-6-7-8-12-11-13(15)9-10-14(12)16;1-2-3-4-5-6-7-11-10-12(14)8-9-13(11)15;13-10-6-7-12(14)11(8-10)9-4-2-1-3-5-9;1-2-3-4-5-6-10-9-11(13)7-8-12(10)14;1-3-4-8(2)10-7-9(12)5-6-11(10)13;1-2-6-4-3-5-7(10)8(6)9;1-5-3-2-4-6(9)7(5)8;7-8-6-4-2-1-3-5-6/h9-11,16H,2-8H2,1H3;8-10,15H,2-7H2,1H3;6-9,14H,1-5H2;7-9,14H,2-6H2,1H3;5-8,13H,3-4H2,1-2H3;3-5,10H,2H2,1H3;2-4,9H,1H3;1-5H. The maximum atomic E-state index is 9.73. The van der Waals surface area contributed by atoms with Gasteiger partial charge in [-0.2, -0.15) is 0 Å². The number of benzene rings is 8. The Labute approximate surface area is 633 Å². The van der Waals surface area contributed by atoms with Crippen LogP contribution < -0.4 is 4.29 Å². The van der Waals surface area contributed by atoms with Crippen molar-refractivity contribution >= 4 is 93.1 Å². The quantitative estimate of drug-likeness (QED) is 0.0296. The first kappa shape index (κ1) is 89.6. The first-order valence-electron chi connectivity index (χ1n) is 35.2. The molecule has 16 heteroatoms. The summed E-state index contributed by atoms with van der Waals surface area (Å²) in [4.78, 5) is 0. The zero-order valence-electron chi connectivity index (χ0n) is 59.1. The summed E-state index contributed by atoms with van der Waals surface area (Å²) < 4.78 is 4.39. The first-order chi connectivity index (χ1) is 47.5. The van der Waals surface area contributed by atoms with Crippen LogP contribution in [-0.4, -0.2) is 35.7 Å². The Morgan fingerprint density at radius 2 is 0.768 bits per heavy atom. The Kier molecular flexibility index (Phi) is 49.0. The lowest BCUT2D eigenvalue weighted by Gasteiger charge is -2.22. The molecule has 1 saturated carbocycles. The molecule has 9 rings (SSSR count). The molecule has 544 valence electrons. The maximum absolute atomic E-state index is 9.73. The molecule has 8 aromatic rings. The summed E-state index contributed by atoms with van der Waals surface area (Å²) in [5, 5.41) is 70.5. The lowest BCUT2D eigenvalue weighted by atomic mass is 9.84. The van der Waals surface area contributed by atoms with Crippen molar-refractivity contribution in [2.24, 2.45) is 0 Å². The van der Waals surface area contributed by atoms with Crippen LogP contribution in [-0.2, 0) is 25.7 Å². The first-order valence-corrected chi connectivity index (χ1v) is 38.1. The second-order valence-corrected chi connectivity index (χ2v) is 27.7. The Morgan fingerprint density at radius 3 is 1.17 bits per heavy atom. The van der Waals surface area contributed by atoms with Crippen molar-refractivity contribution in [2.45, 2.75) is 227 Å². The summed E-state index contributed by atoms with van der Waals surface area (Å²) in [6.45, 7) is 14.7. The molecule has 0 bridgehead atoms. The van der Waals surface area contributed by atoms with Gasteiger partial charge in [0.2, 0.25) is 0 Å². The molecule has 0 aliphatic heterocycles. The highest BCUT2D eigenvalue weighted by Gasteiger charge is 2.19. The monoisotopic (exact) mass is 1510 g/mol. The van der Waals surface area contributed by atoms with Gasteiger partial charge in [-0.25, -0.2) is 0 Å². The second kappa shape index (κ2) is 54.2. The van der Waals surface area contributed by atoms with Gasteiger partial charge in [0.15, 0.2) is 0 Å². The number of phenolic OH excluding ortho intramolecular Hbond substituents is 7. The molecular weight excluding hydrogens is 1410 g/mol. The van der Waals surface area contributed by atoms with Gasteiger partial charge in [-0.1, -0.05) is 268 Å². The number of para-hydroxylation sites is 1. The van der Waals surface area contributed by atoms with E-state index in [2.05, 4.69) is 38.9 Å². The molecule has 99 heavy (non-hydrogen) atoms. The number of aromatic hydroxyl groups is 7. The third kappa shape index (κ3) is 38.9. The number of hydrogen-bond donors (Lipinski definition) is 7. The summed E-state index contributed by atoms with van der Waals surface area (Å²) in [6, 6.07) is 45.9. The lowest BCUT2D eigenvalue weighted by Crippen LogP contribution is -2.04. The third-order valence-corrected chi connectivity index (χ3v) is 18.8. The predicted octanol–water partition coefficient (Wildman–Crippen LogP) is 28.9. The van der Waals surface area contributed by atoms with Gasteiger partial charge in [0.05, 0.1) is 10.0 Å². The van der Waals surface area contributed by atoms with E-state index in [0.29, 0.717) is 76.5 Å². The van der Waals surface area contributed by atoms with Gasteiger partial charge >= 0.3 is 0 Å². The molecular formula is C83H108Cl8O8. The zero-order chi connectivity index (χ0) is 73.3. The van der Waals surface area contributed by atoms with E-state index in [1.54, 1.807) is 97.1 Å². The van der Waals surface area contributed by atoms with Crippen LogP contribution in [0.25, 0.3) is 0 Å². The van der Waals surface area contributed by atoms with Crippen molar-refractivity contribution in [2.75, 3.05) is 0 Å². The number of rotatable bonds is 24. The Morgan fingerprint density at radius 1 is 0.374 bits per heavy atom. The lowest BCUT2D eigenvalue weighted by molar-refractivity contribution is 0.414. The number of hydrogen-bond acceptors (Lipinski definition) is 8. The van der Waals surface area contributed by atoms with E-state index in [0.717, 1.165) is 102 Å². The minimum atomic E-state index is 0.150. The minimum absolute atomic E-state index is 0.150. The average molecular weight is 1520 g/mol. The van der Waals surface area contributed by atoms with Crippen LogP contribution in [0.3, 0.4) is 0 Å². The van der Waals surface area contributed by atoms with Crippen molar-refractivity contribution in [3.8, 4) is 46.0 Å². The van der Waals surface area contributed by atoms with Gasteiger partial charge in [-0.15, -0.1) is 0 Å². The van der Waals surface area contributed by atoms with Gasteiger partial charge in [0.25, 0.3) is 0 Å². The summed E-state index contributed by atoms with van der Waals surface area (Å²) in [7, 11) is 0. The minimum Gasteiger partial charge on any atom is -0.508 e. The van der Waals surface area contributed by atoms with E-state index >= 15 is 0 Å². The van der Waals surface area contributed by atoms with Crippen LogP contribution in [0.1, 0.15) is 234 Å². The van der Waals surface area contributed by atoms with Crippen LogP contribution in [0.15, 0.2) is 158 Å². The number of aryl methyl sites for hydroxylation is 5. The SMILES string of the molecule is CCCC(C)c1cc(Cl)ccc1O.CCCCCCCCc1cc(Cl)ccc1O.CCCCCCCc1cc(Cl)ccc1O.CCCCCCc1cc(Cl)ccc1O.CCc1cccc(O)c1Cl.Cc1cccc(O)c1Cl.ClOc1ccccc1.Oc1ccc(Cl)cc1C1CCCCC1. The molecule has 1 fully saturated rings. The fraction of sp³-hybridized carbons (Fsp3) is 0.422. The van der Waals surface area contributed by atoms with Crippen LogP contribution >= 0.6 is 93.1 Å². The Balaban J connectivity index is 0.000000388. The van der Waals surface area contributed by atoms with Crippen molar-refractivity contribution in [1.82, 2.24) is 0 Å². The summed E-state index contributed by atoms with van der Waals surface area (Å²) in [5.74, 6) is 3.75. The molecule has 0 spiro atoms. The van der Waals surface area contributed by atoms with E-state index in [4.69, 9.17) is 103 Å². The largest absolute Gasteiger partial charge is 0.508 e. The van der Waals surface area contributed by atoms with Gasteiger partial charge in [0, 0.05) is 25.1 Å². The molecule has 1 aliphatic carbocycles. The van der Waals surface area contributed by atoms with Crippen molar-refractivity contribution in [3.63, 3.8) is 0 Å². The smallest absolute Gasteiger partial charge is 0.146 e. The van der Waals surface area contributed by atoms with Gasteiger partial charge < -0.3 is 40.0 Å². The van der Waals surface area contributed by atoms with E-state index in [9.17, 15) is 25.5 Å². The average Bonchev–Trinajstić information content (AvgIpc) is 0.992. The topological polar surface area (TPSA) is 151 Å². The van der Waals surface area contributed by atoms with E-state index in [-0.39, 0.29) is 11.5 Å². The highest BCUT2D eigenvalue weighted by molar-refractivity contribution is 6.33. The fourth-order valence-electron chi connectivity index (χ4n) is 10.7. The van der Waals surface area contributed by atoms with Gasteiger partial charge in [-0.3, -0.25) is 0 Å². The number of phenols is 7.